The van der Waals surface area contributed by atoms with Crippen LogP contribution in [0.3, 0.4) is 0 Å². The summed E-state index contributed by atoms with van der Waals surface area (Å²) in [6.07, 6.45) is 5.61. The first-order valence-corrected chi connectivity index (χ1v) is 7.77. The van der Waals surface area contributed by atoms with Gasteiger partial charge in [-0.05, 0) is 43.1 Å². The molecular weight excluding hydrogens is 256 g/mol. The van der Waals surface area contributed by atoms with E-state index in [4.69, 9.17) is 4.74 Å². The largest absolute Gasteiger partial charge is 0.385 e. The predicted octanol–water partition coefficient (Wildman–Crippen LogP) is 3.51. The quantitative estimate of drug-likeness (QED) is 0.774. The lowest BCUT2D eigenvalue weighted by molar-refractivity contribution is 0.175. The van der Waals surface area contributed by atoms with E-state index >= 15 is 0 Å². The van der Waals surface area contributed by atoms with Crippen LogP contribution >= 0.6 is 11.8 Å². The van der Waals surface area contributed by atoms with Gasteiger partial charge in [-0.2, -0.15) is 5.26 Å². The maximum Gasteiger partial charge on any atom is 0.102 e. The lowest BCUT2D eigenvalue weighted by Crippen LogP contribution is -2.17. The molecule has 1 N–H and O–H groups in total. The molecule has 2 rings (SSSR count). The second-order valence-corrected chi connectivity index (χ2v) is 5.94. The molecule has 1 saturated carbocycles. The number of ether oxygens (including phenoxy) is 1. The zero-order chi connectivity index (χ0) is 13.7. The van der Waals surface area contributed by atoms with E-state index in [0.717, 1.165) is 35.7 Å². The highest BCUT2D eigenvalue weighted by molar-refractivity contribution is 7.98. The first-order valence-electron chi connectivity index (χ1n) is 6.54. The van der Waals surface area contributed by atoms with Crippen LogP contribution < -0.4 is 5.32 Å². The first kappa shape index (κ1) is 14.2. The Balaban J connectivity index is 2.02. The second-order valence-electron chi connectivity index (χ2n) is 5.09. The average Bonchev–Trinajstić information content (AvgIpc) is 3.23. The van der Waals surface area contributed by atoms with Gasteiger partial charge in [-0.1, -0.05) is 6.07 Å². The fourth-order valence-corrected chi connectivity index (χ4v) is 2.83. The molecule has 4 heteroatoms. The SMILES string of the molecule is COCCC1(CNc2cccc(SC)c2C#N)CC1. The first-order chi connectivity index (χ1) is 9.24. The van der Waals surface area contributed by atoms with Gasteiger partial charge in [-0.25, -0.2) is 0 Å². The molecule has 0 bridgehead atoms. The van der Waals surface area contributed by atoms with E-state index in [-0.39, 0.29) is 0 Å². The minimum Gasteiger partial charge on any atom is -0.385 e. The van der Waals surface area contributed by atoms with Gasteiger partial charge in [0.15, 0.2) is 0 Å². The Kier molecular flexibility index (Phi) is 4.73. The van der Waals surface area contributed by atoms with Crippen molar-refractivity contribution in [2.24, 2.45) is 5.41 Å². The summed E-state index contributed by atoms with van der Waals surface area (Å²) in [7, 11) is 1.75. The van der Waals surface area contributed by atoms with Gasteiger partial charge in [0, 0.05) is 25.2 Å². The Morgan fingerprint density at radius 1 is 1.47 bits per heavy atom. The summed E-state index contributed by atoms with van der Waals surface area (Å²) in [4.78, 5) is 1.04. The van der Waals surface area contributed by atoms with E-state index in [1.165, 1.54) is 12.8 Å². The molecule has 1 aromatic rings. The van der Waals surface area contributed by atoms with Crippen molar-refractivity contribution in [2.75, 3.05) is 31.8 Å². The van der Waals surface area contributed by atoms with Crippen molar-refractivity contribution < 1.29 is 4.74 Å². The summed E-state index contributed by atoms with van der Waals surface area (Å²) in [5.74, 6) is 0. The molecule has 102 valence electrons. The van der Waals surface area contributed by atoms with Gasteiger partial charge >= 0.3 is 0 Å². The van der Waals surface area contributed by atoms with Crippen LogP contribution in [0.4, 0.5) is 5.69 Å². The Morgan fingerprint density at radius 2 is 2.26 bits per heavy atom. The molecule has 1 aliphatic carbocycles. The number of nitrogens with zero attached hydrogens (tertiary/aromatic N) is 1. The van der Waals surface area contributed by atoms with Crippen LogP contribution in [0.1, 0.15) is 24.8 Å². The lowest BCUT2D eigenvalue weighted by Gasteiger charge is -2.17. The molecule has 0 amide bonds. The molecule has 19 heavy (non-hydrogen) atoms. The number of hydrogen-bond donors (Lipinski definition) is 1. The van der Waals surface area contributed by atoms with Crippen molar-refractivity contribution in [2.45, 2.75) is 24.2 Å². The molecule has 0 radical (unpaired) electrons. The van der Waals surface area contributed by atoms with Crippen LogP contribution in [-0.2, 0) is 4.74 Å². The van der Waals surface area contributed by atoms with Crippen molar-refractivity contribution in [3.8, 4) is 6.07 Å². The fourth-order valence-electron chi connectivity index (χ4n) is 2.26. The summed E-state index contributed by atoms with van der Waals surface area (Å²) in [5.41, 5.74) is 2.11. The van der Waals surface area contributed by atoms with Gasteiger partial charge in [-0.15, -0.1) is 11.8 Å². The monoisotopic (exact) mass is 276 g/mol. The molecule has 1 aromatic carbocycles. The van der Waals surface area contributed by atoms with Crippen molar-refractivity contribution in [3.05, 3.63) is 23.8 Å². The summed E-state index contributed by atoms with van der Waals surface area (Å²) < 4.78 is 5.17. The Morgan fingerprint density at radius 3 is 2.84 bits per heavy atom. The topological polar surface area (TPSA) is 45.0 Å². The van der Waals surface area contributed by atoms with Crippen LogP contribution in [0, 0.1) is 16.7 Å². The van der Waals surface area contributed by atoms with Crippen LogP contribution in [0.5, 0.6) is 0 Å². The average molecular weight is 276 g/mol. The maximum atomic E-state index is 9.29. The molecule has 1 fully saturated rings. The number of methoxy groups -OCH3 is 1. The molecule has 0 aliphatic heterocycles. The number of thioether (sulfide) groups is 1. The molecule has 0 atom stereocenters. The third-order valence-corrected chi connectivity index (χ3v) is 4.59. The van der Waals surface area contributed by atoms with E-state index in [1.54, 1.807) is 18.9 Å². The molecule has 0 unspecified atom stereocenters. The number of benzene rings is 1. The van der Waals surface area contributed by atoms with Gasteiger partial charge in [0.25, 0.3) is 0 Å². The highest BCUT2D eigenvalue weighted by Gasteiger charge is 2.41. The third-order valence-electron chi connectivity index (χ3n) is 3.81. The molecule has 0 heterocycles. The highest BCUT2D eigenvalue weighted by Crippen LogP contribution is 2.48. The number of nitriles is 1. The fraction of sp³-hybridized carbons (Fsp3) is 0.533. The van der Waals surface area contributed by atoms with Crippen LogP contribution in [-0.4, -0.2) is 26.5 Å². The highest BCUT2D eigenvalue weighted by atomic mass is 32.2. The summed E-state index contributed by atoms with van der Waals surface area (Å²) in [5, 5.41) is 12.8. The van der Waals surface area contributed by atoms with Gasteiger partial charge < -0.3 is 10.1 Å². The van der Waals surface area contributed by atoms with Crippen molar-refractivity contribution >= 4 is 17.4 Å². The number of anilines is 1. The molecule has 0 spiro atoms. The molecule has 0 aromatic heterocycles. The van der Waals surface area contributed by atoms with Crippen molar-refractivity contribution in [3.63, 3.8) is 0 Å². The lowest BCUT2D eigenvalue weighted by atomic mass is 10.0. The molecular formula is C15H20N2OS. The van der Waals surface area contributed by atoms with Gasteiger partial charge in [-0.3, -0.25) is 0 Å². The smallest absolute Gasteiger partial charge is 0.102 e. The molecule has 1 aliphatic rings. The van der Waals surface area contributed by atoms with E-state index in [1.807, 2.05) is 24.5 Å². The third kappa shape index (κ3) is 3.43. The van der Waals surface area contributed by atoms with E-state index in [2.05, 4.69) is 11.4 Å². The molecule has 3 nitrogen and oxygen atoms in total. The Hall–Kier alpha value is -1.18. The van der Waals surface area contributed by atoms with Gasteiger partial charge in [0.05, 0.1) is 11.3 Å². The van der Waals surface area contributed by atoms with Gasteiger partial charge in [0.1, 0.15) is 6.07 Å². The Labute approximate surface area is 119 Å². The van der Waals surface area contributed by atoms with Gasteiger partial charge in [0.2, 0.25) is 0 Å². The maximum absolute atomic E-state index is 9.29. The summed E-state index contributed by atoms with van der Waals surface area (Å²) in [6, 6.07) is 8.29. The normalized spacial score (nSPS) is 15.8. The summed E-state index contributed by atoms with van der Waals surface area (Å²) >= 11 is 1.61. The summed E-state index contributed by atoms with van der Waals surface area (Å²) in [6.45, 7) is 1.75. The van der Waals surface area contributed by atoms with Crippen LogP contribution in [0.2, 0.25) is 0 Å². The molecule has 0 saturated heterocycles. The van der Waals surface area contributed by atoms with Crippen LogP contribution in [0.25, 0.3) is 0 Å². The van der Waals surface area contributed by atoms with Crippen molar-refractivity contribution in [1.29, 1.82) is 5.26 Å². The minimum absolute atomic E-state index is 0.387. The standard InChI is InChI=1S/C15H20N2OS/c1-18-9-8-15(6-7-15)11-17-13-4-3-5-14(19-2)12(13)10-16/h3-5,17H,6-9,11H2,1-2H3. The van der Waals surface area contributed by atoms with E-state index in [9.17, 15) is 5.26 Å². The van der Waals surface area contributed by atoms with E-state index in [0.29, 0.717) is 5.41 Å². The zero-order valence-electron chi connectivity index (χ0n) is 11.5. The second kappa shape index (κ2) is 6.31. The number of rotatable bonds is 7. The van der Waals surface area contributed by atoms with E-state index < -0.39 is 0 Å². The predicted molar refractivity (Wildman–Crippen MR) is 79.6 cm³/mol. The number of hydrogen-bond acceptors (Lipinski definition) is 4. The zero-order valence-corrected chi connectivity index (χ0v) is 12.3. The Bertz CT molecular complexity index is 478. The minimum atomic E-state index is 0.387. The number of nitrogens with one attached hydrogen (secondary N) is 1. The van der Waals surface area contributed by atoms with Crippen molar-refractivity contribution in [1.82, 2.24) is 0 Å². The van der Waals surface area contributed by atoms with Crippen LogP contribution in [0.15, 0.2) is 23.1 Å².